The van der Waals surface area contributed by atoms with Crippen LogP contribution >= 0.6 is 0 Å². The first kappa shape index (κ1) is 18.8. The summed E-state index contributed by atoms with van der Waals surface area (Å²) < 4.78 is 37.2. The van der Waals surface area contributed by atoms with Crippen LogP contribution in [0.4, 0.5) is 5.69 Å². The summed E-state index contributed by atoms with van der Waals surface area (Å²) in [5.74, 6) is 0.474. The molecule has 134 valence electrons. The van der Waals surface area contributed by atoms with Crippen LogP contribution in [0.15, 0.2) is 53.4 Å². The third kappa shape index (κ3) is 4.71. The van der Waals surface area contributed by atoms with Crippen molar-refractivity contribution in [2.45, 2.75) is 17.9 Å². The van der Waals surface area contributed by atoms with Gasteiger partial charge < -0.3 is 14.8 Å². The lowest BCUT2D eigenvalue weighted by Crippen LogP contribution is -2.41. The van der Waals surface area contributed by atoms with E-state index < -0.39 is 22.0 Å². The molecule has 0 radical (unpaired) electrons. The van der Waals surface area contributed by atoms with E-state index in [0.717, 1.165) is 0 Å². The van der Waals surface area contributed by atoms with Gasteiger partial charge in [0.15, 0.2) is 0 Å². The second kappa shape index (κ2) is 8.00. The molecule has 0 unspecified atom stereocenters. The van der Waals surface area contributed by atoms with Gasteiger partial charge in [-0.05, 0) is 31.2 Å². The maximum atomic E-state index is 12.3. The minimum Gasteiger partial charge on any atom is -0.497 e. The van der Waals surface area contributed by atoms with Crippen LogP contribution in [-0.4, -0.2) is 34.6 Å². The molecule has 8 heteroatoms. The van der Waals surface area contributed by atoms with Crippen molar-refractivity contribution in [2.75, 3.05) is 19.5 Å². The average molecular weight is 364 g/mol. The van der Waals surface area contributed by atoms with E-state index in [1.807, 2.05) is 0 Å². The molecule has 2 rings (SSSR count). The first-order chi connectivity index (χ1) is 11.9. The Kier molecular flexibility index (Phi) is 6.00. The molecular weight excluding hydrogens is 344 g/mol. The first-order valence-electron chi connectivity index (χ1n) is 7.47. The van der Waals surface area contributed by atoms with Crippen LogP contribution in [0.25, 0.3) is 0 Å². The van der Waals surface area contributed by atoms with Gasteiger partial charge in [-0.25, -0.2) is 8.42 Å². The highest BCUT2D eigenvalue weighted by atomic mass is 32.2. The molecule has 2 aromatic carbocycles. The molecule has 0 aliphatic carbocycles. The zero-order valence-corrected chi connectivity index (χ0v) is 15.0. The normalized spacial score (nSPS) is 12.3. The van der Waals surface area contributed by atoms with Crippen molar-refractivity contribution in [3.05, 3.63) is 48.5 Å². The summed E-state index contributed by atoms with van der Waals surface area (Å²) in [6.45, 7) is 1.46. The number of hydrogen-bond acceptors (Lipinski definition) is 5. The second-order valence-corrected chi connectivity index (χ2v) is 6.93. The van der Waals surface area contributed by atoms with Crippen molar-refractivity contribution in [1.82, 2.24) is 4.72 Å². The van der Waals surface area contributed by atoms with Crippen molar-refractivity contribution in [3.63, 3.8) is 0 Å². The molecule has 7 nitrogen and oxygen atoms in total. The highest BCUT2D eigenvalue weighted by Crippen LogP contribution is 2.29. The van der Waals surface area contributed by atoms with E-state index in [0.29, 0.717) is 17.2 Å². The van der Waals surface area contributed by atoms with Gasteiger partial charge in [-0.2, -0.15) is 4.72 Å². The molecular formula is C17H20N2O5S. The Balaban J connectivity index is 2.11. The molecule has 2 N–H and O–H groups in total. The smallest absolute Gasteiger partial charge is 0.242 e. The second-order valence-electron chi connectivity index (χ2n) is 5.21. The fourth-order valence-corrected chi connectivity index (χ4v) is 3.32. The number of benzene rings is 2. The minimum absolute atomic E-state index is 0.0941. The van der Waals surface area contributed by atoms with Crippen LogP contribution < -0.4 is 19.5 Å². The number of sulfonamides is 1. The van der Waals surface area contributed by atoms with Crippen molar-refractivity contribution in [1.29, 1.82) is 0 Å². The van der Waals surface area contributed by atoms with E-state index in [4.69, 9.17) is 9.47 Å². The fourth-order valence-electron chi connectivity index (χ4n) is 2.10. The van der Waals surface area contributed by atoms with Gasteiger partial charge in [0.25, 0.3) is 0 Å². The van der Waals surface area contributed by atoms with Crippen molar-refractivity contribution < 1.29 is 22.7 Å². The quantitative estimate of drug-likeness (QED) is 0.784. The summed E-state index contributed by atoms with van der Waals surface area (Å²) in [6.07, 6.45) is 0. The van der Waals surface area contributed by atoms with Crippen LogP contribution in [0, 0.1) is 0 Å². The molecule has 0 fully saturated rings. The third-order valence-electron chi connectivity index (χ3n) is 3.45. The number of anilines is 1. The SMILES string of the molecule is COc1ccc(NC(=O)[C@@H](C)NS(=O)(=O)c2ccccc2)c(OC)c1. The Hall–Kier alpha value is -2.58. The Labute approximate surface area is 147 Å². The number of nitrogens with one attached hydrogen (secondary N) is 2. The van der Waals surface area contributed by atoms with Crippen molar-refractivity contribution in [3.8, 4) is 11.5 Å². The van der Waals surface area contributed by atoms with Crippen LogP contribution in [0.2, 0.25) is 0 Å². The Bertz CT molecular complexity index is 837. The van der Waals surface area contributed by atoms with Gasteiger partial charge in [-0.1, -0.05) is 18.2 Å². The maximum absolute atomic E-state index is 12.3. The van der Waals surface area contributed by atoms with Gasteiger partial charge in [0.1, 0.15) is 11.5 Å². The molecule has 0 saturated heterocycles. The highest BCUT2D eigenvalue weighted by Gasteiger charge is 2.22. The number of carbonyl (C=O) groups excluding carboxylic acids is 1. The molecule has 0 aliphatic rings. The summed E-state index contributed by atoms with van der Waals surface area (Å²) >= 11 is 0. The molecule has 0 aliphatic heterocycles. The first-order valence-corrected chi connectivity index (χ1v) is 8.96. The number of rotatable bonds is 7. The van der Waals surface area contributed by atoms with E-state index in [-0.39, 0.29) is 4.90 Å². The molecule has 0 saturated carbocycles. The molecule has 0 heterocycles. The number of amides is 1. The number of hydrogen-bond donors (Lipinski definition) is 2. The summed E-state index contributed by atoms with van der Waals surface area (Å²) in [4.78, 5) is 12.4. The van der Waals surface area contributed by atoms with Crippen LogP contribution in [0.5, 0.6) is 11.5 Å². The number of ether oxygens (including phenoxy) is 2. The Morgan fingerprint density at radius 3 is 2.32 bits per heavy atom. The highest BCUT2D eigenvalue weighted by molar-refractivity contribution is 7.89. The Morgan fingerprint density at radius 1 is 1.04 bits per heavy atom. The summed E-state index contributed by atoms with van der Waals surface area (Å²) in [7, 11) is -0.800. The standard InChI is InChI=1S/C17H20N2O5S/c1-12(19-25(21,22)14-7-5-4-6-8-14)17(20)18-15-10-9-13(23-2)11-16(15)24-3/h4-12,19H,1-3H3,(H,18,20)/t12-/m1/s1. The van der Waals surface area contributed by atoms with Crippen LogP contribution in [0.1, 0.15) is 6.92 Å². The van der Waals surface area contributed by atoms with Gasteiger partial charge in [-0.3, -0.25) is 4.79 Å². The van der Waals surface area contributed by atoms with Crippen LogP contribution in [-0.2, 0) is 14.8 Å². The summed E-state index contributed by atoms with van der Waals surface area (Å²) in [6, 6.07) is 11.8. The van der Waals surface area contributed by atoms with E-state index in [1.54, 1.807) is 36.4 Å². The topological polar surface area (TPSA) is 93.7 Å². The van der Waals surface area contributed by atoms with Gasteiger partial charge >= 0.3 is 0 Å². The van der Waals surface area contributed by atoms with Gasteiger partial charge in [0.05, 0.1) is 30.8 Å². The maximum Gasteiger partial charge on any atom is 0.242 e. The molecule has 0 bridgehead atoms. The van der Waals surface area contributed by atoms with Gasteiger partial charge in [0, 0.05) is 6.07 Å². The zero-order chi connectivity index (χ0) is 18.4. The number of methoxy groups -OCH3 is 2. The molecule has 0 aromatic heterocycles. The van der Waals surface area contributed by atoms with Crippen molar-refractivity contribution >= 4 is 21.6 Å². The molecule has 1 atom stereocenters. The Morgan fingerprint density at radius 2 is 1.72 bits per heavy atom. The fraction of sp³-hybridized carbons (Fsp3) is 0.235. The van der Waals surface area contributed by atoms with Crippen LogP contribution in [0.3, 0.4) is 0 Å². The predicted octanol–water partition coefficient (Wildman–Crippen LogP) is 2.01. The third-order valence-corrected chi connectivity index (χ3v) is 5.00. The van der Waals surface area contributed by atoms with Gasteiger partial charge in [0.2, 0.25) is 15.9 Å². The predicted molar refractivity (Wildman–Crippen MR) is 94.4 cm³/mol. The molecule has 0 spiro atoms. The minimum atomic E-state index is -3.79. The lowest BCUT2D eigenvalue weighted by atomic mass is 10.2. The lowest BCUT2D eigenvalue weighted by Gasteiger charge is -2.16. The molecule has 2 aromatic rings. The number of carbonyl (C=O) groups is 1. The molecule has 25 heavy (non-hydrogen) atoms. The van der Waals surface area contributed by atoms with Crippen molar-refractivity contribution in [2.24, 2.45) is 0 Å². The lowest BCUT2D eigenvalue weighted by molar-refractivity contribution is -0.117. The summed E-state index contributed by atoms with van der Waals surface area (Å²) in [5, 5.41) is 2.64. The van der Waals surface area contributed by atoms with E-state index in [1.165, 1.54) is 33.3 Å². The van der Waals surface area contributed by atoms with E-state index >= 15 is 0 Å². The summed E-state index contributed by atoms with van der Waals surface area (Å²) in [5.41, 5.74) is 0.416. The van der Waals surface area contributed by atoms with E-state index in [9.17, 15) is 13.2 Å². The van der Waals surface area contributed by atoms with Gasteiger partial charge in [-0.15, -0.1) is 0 Å². The molecule has 1 amide bonds. The largest absolute Gasteiger partial charge is 0.497 e. The monoisotopic (exact) mass is 364 g/mol. The zero-order valence-electron chi connectivity index (χ0n) is 14.1. The van der Waals surface area contributed by atoms with E-state index in [2.05, 4.69) is 10.0 Å². The average Bonchev–Trinajstić information content (AvgIpc) is 2.62.